The second-order valence-corrected chi connectivity index (χ2v) is 2.92. The molecule has 0 saturated carbocycles. The SMILES string of the molecule is O=C(O)c1cc(OCC(F)F)ncc1Cl. The van der Waals surface area contributed by atoms with E-state index in [9.17, 15) is 13.6 Å². The van der Waals surface area contributed by atoms with Gasteiger partial charge in [-0.2, -0.15) is 0 Å². The molecule has 1 aromatic heterocycles. The molecule has 1 heterocycles. The fourth-order valence-electron chi connectivity index (χ4n) is 0.811. The predicted octanol–water partition coefficient (Wildman–Crippen LogP) is 2.08. The van der Waals surface area contributed by atoms with Crippen LogP contribution in [0.1, 0.15) is 10.4 Å². The molecule has 82 valence electrons. The topological polar surface area (TPSA) is 59.4 Å². The van der Waals surface area contributed by atoms with Crippen LogP contribution in [0.15, 0.2) is 12.3 Å². The Morgan fingerprint density at radius 2 is 2.33 bits per heavy atom. The summed E-state index contributed by atoms with van der Waals surface area (Å²) in [6.07, 6.45) is -1.61. The molecule has 1 aromatic rings. The average Bonchev–Trinajstić information content (AvgIpc) is 2.16. The van der Waals surface area contributed by atoms with Crippen LogP contribution in [0.4, 0.5) is 8.78 Å². The van der Waals surface area contributed by atoms with Gasteiger partial charge in [-0.3, -0.25) is 0 Å². The summed E-state index contributed by atoms with van der Waals surface area (Å²) in [5.74, 6) is -1.47. The lowest BCUT2D eigenvalue weighted by Crippen LogP contribution is -2.09. The second-order valence-electron chi connectivity index (χ2n) is 2.51. The van der Waals surface area contributed by atoms with Crippen LogP contribution in [-0.2, 0) is 0 Å². The van der Waals surface area contributed by atoms with Crippen LogP contribution in [0.5, 0.6) is 5.88 Å². The standard InChI is InChI=1S/C8H6ClF2NO3/c9-5-2-12-7(15-3-6(10)11)1-4(5)8(13)14/h1-2,6H,3H2,(H,13,14). The Morgan fingerprint density at radius 1 is 1.67 bits per heavy atom. The molecule has 0 aliphatic rings. The van der Waals surface area contributed by atoms with Gasteiger partial charge in [0.25, 0.3) is 6.43 Å². The quantitative estimate of drug-likeness (QED) is 0.871. The van der Waals surface area contributed by atoms with Gasteiger partial charge in [-0.1, -0.05) is 11.6 Å². The second kappa shape index (κ2) is 4.88. The van der Waals surface area contributed by atoms with Crippen LogP contribution < -0.4 is 4.74 Å². The van der Waals surface area contributed by atoms with Crippen LogP contribution >= 0.6 is 11.6 Å². The smallest absolute Gasteiger partial charge is 0.337 e. The number of ether oxygens (including phenoxy) is 1. The van der Waals surface area contributed by atoms with Gasteiger partial charge >= 0.3 is 5.97 Å². The molecule has 0 aromatic carbocycles. The van der Waals surface area contributed by atoms with Crippen molar-refractivity contribution in [1.82, 2.24) is 4.98 Å². The molecule has 0 aliphatic heterocycles. The van der Waals surface area contributed by atoms with Gasteiger partial charge in [0, 0.05) is 6.07 Å². The maximum Gasteiger partial charge on any atom is 0.337 e. The number of carbonyl (C=O) groups is 1. The molecule has 7 heteroatoms. The Labute approximate surface area is 88.4 Å². The highest BCUT2D eigenvalue weighted by Crippen LogP contribution is 2.19. The molecule has 0 bridgehead atoms. The number of rotatable bonds is 4. The van der Waals surface area contributed by atoms with E-state index >= 15 is 0 Å². The number of pyridine rings is 1. The van der Waals surface area contributed by atoms with Gasteiger partial charge in [0.15, 0.2) is 6.61 Å². The minimum absolute atomic E-state index is 0.0769. The fourth-order valence-corrected chi connectivity index (χ4v) is 0.995. The van der Waals surface area contributed by atoms with Crippen LogP contribution in [0.2, 0.25) is 5.02 Å². The lowest BCUT2D eigenvalue weighted by molar-refractivity contribution is 0.0694. The predicted molar refractivity (Wildman–Crippen MR) is 47.7 cm³/mol. The van der Waals surface area contributed by atoms with Crippen molar-refractivity contribution in [3.05, 3.63) is 22.8 Å². The Kier molecular flexibility index (Phi) is 3.79. The maximum absolute atomic E-state index is 11.8. The zero-order valence-corrected chi connectivity index (χ0v) is 8.04. The van der Waals surface area contributed by atoms with E-state index < -0.39 is 19.0 Å². The molecular formula is C8H6ClF2NO3. The molecule has 0 saturated heterocycles. The normalized spacial score (nSPS) is 10.4. The highest BCUT2D eigenvalue weighted by Gasteiger charge is 2.12. The Balaban J connectivity index is 2.83. The van der Waals surface area contributed by atoms with E-state index in [1.54, 1.807) is 0 Å². The van der Waals surface area contributed by atoms with Crippen molar-refractivity contribution in [2.75, 3.05) is 6.61 Å². The lowest BCUT2D eigenvalue weighted by atomic mass is 10.3. The average molecular weight is 238 g/mol. The number of alkyl halides is 2. The third-order valence-electron chi connectivity index (χ3n) is 1.42. The fraction of sp³-hybridized carbons (Fsp3) is 0.250. The first kappa shape index (κ1) is 11.6. The van der Waals surface area contributed by atoms with Gasteiger partial charge in [0.1, 0.15) is 0 Å². The molecule has 0 amide bonds. The molecule has 0 atom stereocenters. The first-order valence-electron chi connectivity index (χ1n) is 3.80. The number of nitrogens with zero attached hydrogens (tertiary/aromatic N) is 1. The molecule has 0 spiro atoms. The Hall–Kier alpha value is -1.43. The van der Waals surface area contributed by atoms with Crippen molar-refractivity contribution in [3.63, 3.8) is 0 Å². The van der Waals surface area contributed by atoms with Crippen LogP contribution in [0.25, 0.3) is 0 Å². The zero-order chi connectivity index (χ0) is 11.4. The summed E-state index contributed by atoms with van der Waals surface area (Å²) in [4.78, 5) is 14.1. The van der Waals surface area contributed by atoms with Gasteiger partial charge < -0.3 is 9.84 Å². The number of hydrogen-bond acceptors (Lipinski definition) is 3. The molecule has 4 nitrogen and oxygen atoms in total. The number of halogens is 3. The van der Waals surface area contributed by atoms with Crippen molar-refractivity contribution in [1.29, 1.82) is 0 Å². The largest absolute Gasteiger partial charge is 0.478 e. The Bertz CT molecular complexity index is 373. The van der Waals surface area contributed by atoms with Gasteiger partial charge in [-0.05, 0) is 0 Å². The molecule has 0 aliphatic carbocycles. The van der Waals surface area contributed by atoms with Gasteiger partial charge in [0.05, 0.1) is 16.8 Å². The van der Waals surface area contributed by atoms with Gasteiger partial charge in [-0.15, -0.1) is 0 Å². The van der Waals surface area contributed by atoms with E-state index in [0.29, 0.717) is 0 Å². The van der Waals surface area contributed by atoms with E-state index in [4.69, 9.17) is 16.7 Å². The summed E-state index contributed by atoms with van der Waals surface area (Å²) < 4.78 is 28.1. The molecule has 0 radical (unpaired) electrons. The van der Waals surface area contributed by atoms with E-state index in [1.807, 2.05) is 0 Å². The van der Waals surface area contributed by atoms with Gasteiger partial charge in [-0.25, -0.2) is 18.6 Å². The van der Waals surface area contributed by atoms with E-state index in [0.717, 1.165) is 12.3 Å². The summed E-state index contributed by atoms with van der Waals surface area (Å²) in [6, 6.07) is 0.993. The van der Waals surface area contributed by atoms with Crippen LogP contribution in [0, 0.1) is 0 Å². The molecule has 0 fully saturated rings. The third kappa shape index (κ3) is 3.32. The monoisotopic (exact) mass is 237 g/mol. The summed E-state index contributed by atoms with van der Waals surface area (Å²) >= 11 is 5.51. The number of carboxylic acids is 1. The van der Waals surface area contributed by atoms with Crippen molar-refractivity contribution < 1.29 is 23.4 Å². The highest BCUT2D eigenvalue weighted by atomic mass is 35.5. The van der Waals surface area contributed by atoms with Crippen LogP contribution in [-0.4, -0.2) is 29.1 Å². The Morgan fingerprint density at radius 3 is 2.87 bits per heavy atom. The van der Waals surface area contributed by atoms with Crippen molar-refractivity contribution in [3.8, 4) is 5.88 Å². The van der Waals surface area contributed by atoms with Crippen molar-refractivity contribution in [2.24, 2.45) is 0 Å². The van der Waals surface area contributed by atoms with E-state index in [1.165, 1.54) is 0 Å². The summed E-state index contributed by atoms with van der Waals surface area (Å²) in [6.45, 7) is -0.840. The summed E-state index contributed by atoms with van der Waals surface area (Å²) in [5.41, 5.74) is -0.240. The number of aromatic carboxylic acids is 1. The van der Waals surface area contributed by atoms with Gasteiger partial charge in [0.2, 0.25) is 5.88 Å². The zero-order valence-electron chi connectivity index (χ0n) is 7.28. The molecule has 1 N–H and O–H groups in total. The van der Waals surface area contributed by atoms with E-state index in [-0.39, 0.29) is 16.5 Å². The summed E-state index contributed by atoms with van der Waals surface area (Å²) in [5, 5.41) is 8.57. The molecule has 0 unspecified atom stereocenters. The number of aromatic nitrogens is 1. The summed E-state index contributed by atoms with van der Waals surface area (Å²) in [7, 11) is 0. The first-order valence-corrected chi connectivity index (χ1v) is 4.18. The van der Waals surface area contributed by atoms with Crippen molar-refractivity contribution >= 4 is 17.6 Å². The molecule has 15 heavy (non-hydrogen) atoms. The maximum atomic E-state index is 11.8. The minimum Gasteiger partial charge on any atom is -0.478 e. The minimum atomic E-state index is -2.64. The van der Waals surface area contributed by atoms with E-state index in [2.05, 4.69) is 9.72 Å². The number of carboxylic acid groups (broad SMARTS) is 1. The first-order chi connectivity index (χ1) is 7.00. The molecular weight excluding hydrogens is 232 g/mol. The highest BCUT2D eigenvalue weighted by molar-refractivity contribution is 6.33. The molecule has 1 rings (SSSR count). The lowest BCUT2D eigenvalue weighted by Gasteiger charge is -2.05. The van der Waals surface area contributed by atoms with Crippen molar-refractivity contribution in [2.45, 2.75) is 6.43 Å². The number of hydrogen-bond donors (Lipinski definition) is 1. The van der Waals surface area contributed by atoms with Crippen LogP contribution in [0.3, 0.4) is 0 Å². The third-order valence-corrected chi connectivity index (χ3v) is 1.72.